The molecule has 0 spiro atoms. The van der Waals surface area contributed by atoms with E-state index >= 15 is 0 Å². The van der Waals surface area contributed by atoms with Gasteiger partial charge in [0.2, 0.25) is 0 Å². The lowest BCUT2D eigenvalue weighted by Gasteiger charge is -2.33. The summed E-state index contributed by atoms with van der Waals surface area (Å²) >= 11 is 0. The number of hydrogen-bond acceptors (Lipinski definition) is 4. The summed E-state index contributed by atoms with van der Waals surface area (Å²) in [5.74, 6) is 3.07. The highest BCUT2D eigenvalue weighted by molar-refractivity contribution is 5.93. The van der Waals surface area contributed by atoms with Crippen LogP contribution in [0.25, 0.3) is 0 Å². The minimum Gasteiger partial charge on any atom is -0.356 e. The second kappa shape index (κ2) is 8.93. The molecule has 0 radical (unpaired) electrons. The number of carbonyl (C=O) groups excluding carboxylic acids is 1. The normalized spacial score (nSPS) is 18.8. The average Bonchev–Trinajstić information content (AvgIpc) is 2.74. The molecule has 2 saturated heterocycles. The Kier molecular flexibility index (Phi) is 6.12. The van der Waals surface area contributed by atoms with Crippen molar-refractivity contribution in [2.24, 2.45) is 11.8 Å². The lowest BCUT2D eigenvalue weighted by Crippen LogP contribution is -2.39. The number of carbonyl (C=O) groups is 1. The van der Waals surface area contributed by atoms with Gasteiger partial charge in [-0.25, -0.2) is 9.97 Å². The number of rotatable bonds is 4. The minimum absolute atomic E-state index is 0.0558. The quantitative estimate of drug-likeness (QED) is 0.785. The van der Waals surface area contributed by atoms with Gasteiger partial charge in [-0.05, 0) is 56.4 Å². The topological polar surface area (TPSA) is 49.3 Å². The van der Waals surface area contributed by atoms with Crippen molar-refractivity contribution in [1.29, 1.82) is 0 Å². The van der Waals surface area contributed by atoms with Crippen molar-refractivity contribution < 1.29 is 4.79 Å². The highest BCUT2D eigenvalue weighted by Crippen LogP contribution is 2.25. The van der Waals surface area contributed by atoms with Gasteiger partial charge in [-0.1, -0.05) is 37.3 Å². The summed E-state index contributed by atoms with van der Waals surface area (Å²) < 4.78 is 0. The Morgan fingerprint density at radius 3 is 2.38 bits per heavy atom. The molecule has 1 aromatic heterocycles. The van der Waals surface area contributed by atoms with Crippen LogP contribution in [0.1, 0.15) is 54.5 Å². The smallest absolute Gasteiger partial charge is 0.272 e. The van der Waals surface area contributed by atoms with Crippen molar-refractivity contribution in [2.45, 2.75) is 46.0 Å². The molecule has 3 heterocycles. The van der Waals surface area contributed by atoms with Gasteiger partial charge in [-0.2, -0.15) is 0 Å². The molecule has 29 heavy (non-hydrogen) atoms. The summed E-state index contributed by atoms with van der Waals surface area (Å²) in [6, 6.07) is 12.6. The first-order valence-corrected chi connectivity index (χ1v) is 11.0. The third-order valence-corrected chi connectivity index (χ3v) is 6.42. The van der Waals surface area contributed by atoms with Crippen molar-refractivity contribution >= 4 is 11.7 Å². The van der Waals surface area contributed by atoms with Crippen LogP contribution in [0.5, 0.6) is 0 Å². The van der Waals surface area contributed by atoms with E-state index in [2.05, 4.69) is 52.1 Å². The van der Waals surface area contributed by atoms with E-state index in [9.17, 15) is 4.79 Å². The molecule has 0 saturated carbocycles. The lowest BCUT2D eigenvalue weighted by atomic mass is 9.90. The molecule has 0 bridgehead atoms. The van der Waals surface area contributed by atoms with Crippen LogP contribution >= 0.6 is 0 Å². The third-order valence-electron chi connectivity index (χ3n) is 6.42. The van der Waals surface area contributed by atoms with Gasteiger partial charge in [-0.3, -0.25) is 4.79 Å². The van der Waals surface area contributed by atoms with E-state index in [0.717, 1.165) is 57.2 Å². The maximum Gasteiger partial charge on any atom is 0.272 e. The van der Waals surface area contributed by atoms with Crippen molar-refractivity contribution in [3.8, 4) is 0 Å². The van der Waals surface area contributed by atoms with Gasteiger partial charge in [-0.15, -0.1) is 0 Å². The van der Waals surface area contributed by atoms with E-state index in [1.807, 2.05) is 17.9 Å². The number of aromatic nitrogens is 2. The fourth-order valence-electron chi connectivity index (χ4n) is 4.51. The number of benzene rings is 1. The molecule has 1 aromatic carbocycles. The van der Waals surface area contributed by atoms with E-state index in [1.54, 1.807) is 0 Å². The standard InChI is InChI=1S/C24H32N4O/c1-18-8-12-27(13-9-18)23-17-22(25-19(2)26-23)24(29)28-14-10-21(11-15-28)16-20-6-4-3-5-7-20/h3-7,17-18,21H,8-16H2,1-2H3. The van der Waals surface area contributed by atoms with Crippen LogP contribution in [-0.4, -0.2) is 47.0 Å². The van der Waals surface area contributed by atoms with Crippen LogP contribution in [0.15, 0.2) is 36.4 Å². The molecule has 2 fully saturated rings. The Bertz CT molecular complexity index is 822. The maximum absolute atomic E-state index is 13.1. The zero-order chi connectivity index (χ0) is 20.2. The van der Waals surface area contributed by atoms with Gasteiger partial charge in [0.15, 0.2) is 0 Å². The molecule has 2 aliphatic heterocycles. The summed E-state index contributed by atoms with van der Waals surface area (Å²) in [4.78, 5) is 26.5. The average molecular weight is 393 g/mol. The summed E-state index contributed by atoms with van der Waals surface area (Å²) in [6.45, 7) is 7.84. The molecule has 154 valence electrons. The largest absolute Gasteiger partial charge is 0.356 e. The lowest BCUT2D eigenvalue weighted by molar-refractivity contribution is 0.0684. The van der Waals surface area contributed by atoms with Crippen molar-refractivity contribution in [3.63, 3.8) is 0 Å². The maximum atomic E-state index is 13.1. The Morgan fingerprint density at radius 1 is 1.00 bits per heavy atom. The van der Waals surface area contributed by atoms with Gasteiger partial charge in [0.1, 0.15) is 17.3 Å². The Balaban J connectivity index is 1.38. The van der Waals surface area contributed by atoms with Gasteiger partial charge in [0.25, 0.3) is 5.91 Å². The first-order valence-electron chi connectivity index (χ1n) is 11.0. The summed E-state index contributed by atoms with van der Waals surface area (Å²) in [5, 5.41) is 0. The molecular weight excluding hydrogens is 360 g/mol. The summed E-state index contributed by atoms with van der Waals surface area (Å²) in [5.41, 5.74) is 1.94. The second-order valence-corrected chi connectivity index (χ2v) is 8.75. The molecule has 1 amide bonds. The number of hydrogen-bond donors (Lipinski definition) is 0. The number of amides is 1. The zero-order valence-electron chi connectivity index (χ0n) is 17.7. The molecule has 5 nitrogen and oxygen atoms in total. The van der Waals surface area contributed by atoms with Crippen LogP contribution in [0.3, 0.4) is 0 Å². The summed E-state index contributed by atoms with van der Waals surface area (Å²) in [6.07, 6.45) is 5.58. The van der Waals surface area contributed by atoms with E-state index in [4.69, 9.17) is 0 Å². The summed E-state index contributed by atoms with van der Waals surface area (Å²) in [7, 11) is 0. The predicted molar refractivity (Wildman–Crippen MR) is 116 cm³/mol. The molecule has 5 heteroatoms. The molecule has 4 rings (SSSR count). The van der Waals surface area contributed by atoms with Crippen molar-refractivity contribution in [3.05, 3.63) is 53.5 Å². The molecule has 0 unspecified atom stereocenters. The van der Waals surface area contributed by atoms with Gasteiger partial charge in [0.05, 0.1) is 0 Å². The van der Waals surface area contributed by atoms with Gasteiger partial charge >= 0.3 is 0 Å². The number of nitrogens with zero attached hydrogens (tertiary/aromatic N) is 4. The molecule has 0 atom stereocenters. The number of piperidine rings is 2. The van der Waals surface area contributed by atoms with E-state index in [0.29, 0.717) is 17.4 Å². The Labute approximate surface area is 174 Å². The molecule has 2 aliphatic rings. The molecule has 2 aromatic rings. The van der Waals surface area contributed by atoms with Gasteiger partial charge < -0.3 is 9.80 Å². The first kappa shape index (κ1) is 19.9. The van der Waals surface area contributed by atoms with Gasteiger partial charge in [0, 0.05) is 32.2 Å². The highest BCUT2D eigenvalue weighted by atomic mass is 16.2. The Hall–Kier alpha value is -2.43. The zero-order valence-corrected chi connectivity index (χ0v) is 17.7. The molecular formula is C24H32N4O. The first-order chi connectivity index (χ1) is 14.1. The molecule has 0 N–H and O–H groups in total. The Morgan fingerprint density at radius 2 is 1.69 bits per heavy atom. The second-order valence-electron chi connectivity index (χ2n) is 8.75. The monoisotopic (exact) mass is 392 g/mol. The number of aryl methyl sites for hydroxylation is 1. The van der Waals surface area contributed by atoms with E-state index in [1.165, 1.54) is 18.4 Å². The van der Waals surface area contributed by atoms with Crippen LogP contribution in [-0.2, 0) is 6.42 Å². The van der Waals surface area contributed by atoms with Crippen molar-refractivity contribution in [1.82, 2.24) is 14.9 Å². The highest BCUT2D eigenvalue weighted by Gasteiger charge is 2.26. The number of anilines is 1. The molecule has 0 aliphatic carbocycles. The third kappa shape index (κ3) is 4.95. The van der Waals surface area contributed by atoms with E-state index in [-0.39, 0.29) is 5.91 Å². The fraction of sp³-hybridized carbons (Fsp3) is 0.542. The van der Waals surface area contributed by atoms with Crippen LogP contribution in [0.2, 0.25) is 0 Å². The van der Waals surface area contributed by atoms with Crippen molar-refractivity contribution in [2.75, 3.05) is 31.1 Å². The van der Waals surface area contributed by atoms with Crippen LogP contribution in [0, 0.1) is 18.8 Å². The fourth-order valence-corrected chi connectivity index (χ4v) is 4.51. The van der Waals surface area contributed by atoms with Crippen LogP contribution in [0.4, 0.5) is 5.82 Å². The van der Waals surface area contributed by atoms with Crippen LogP contribution < -0.4 is 4.90 Å². The van der Waals surface area contributed by atoms with E-state index < -0.39 is 0 Å². The predicted octanol–water partition coefficient (Wildman–Crippen LogP) is 4.12. The minimum atomic E-state index is 0.0558. The SMILES string of the molecule is Cc1nc(C(=O)N2CCC(Cc3ccccc3)CC2)cc(N2CCC(C)CC2)n1. The number of likely N-dealkylation sites (tertiary alicyclic amines) is 1.